The van der Waals surface area contributed by atoms with Gasteiger partial charge in [0.1, 0.15) is 11.5 Å². The van der Waals surface area contributed by atoms with Crippen molar-refractivity contribution < 1.29 is 19.1 Å². The first kappa shape index (κ1) is 39.4. The molecular formula is C42H66N2O4. The summed E-state index contributed by atoms with van der Waals surface area (Å²) in [6, 6.07) is 15.0. The number of carbonyl (C=O) groups excluding carboxylic acids is 2. The Labute approximate surface area is 292 Å². The van der Waals surface area contributed by atoms with Crippen LogP contribution in [0.4, 0.5) is 0 Å². The number of benzene rings is 2. The minimum absolute atomic E-state index is 0.0368. The number of amides is 2. The molecule has 6 heteroatoms. The maximum atomic E-state index is 12.8. The smallest absolute Gasteiger partial charge is 0.251 e. The summed E-state index contributed by atoms with van der Waals surface area (Å²) < 4.78 is 11.8. The van der Waals surface area contributed by atoms with Gasteiger partial charge in [-0.2, -0.15) is 0 Å². The summed E-state index contributed by atoms with van der Waals surface area (Å²) in [4.78, 5) is 25.7. The third kappa shape index (κ3) is 16.9. The molecule has 2 aromatic rings. The third-order valence-corrected chi connectivity index (χ3v) is 9.76. The van der Waals surface area contributed by atoms with Gasteiger partial charge in [0.05, 0.1) is 13.2 Å². The van der Waals surface area contributed by atoms with E-state index in [0.717, 1.165) is 63.2 Å². The first-order valence-corrected chi connectivity index (χ1v) is 19.6. The van der Waals surface area contributed by atoms with Crippen LogP contribution >= 0.6 is 0 Å². The first-order valence-electron chi connectivity index (χ1n) is 19.6. The van der Waals surface area contributed by atoms with E-state index < -0.39 is 0 Å². The van der Waals surface area contributed by atoms with Gasteiger partial charge in [-0.15, -0.1) is 0 Å². The molecule has 0 bridgehead atoms. The highest BCUT2D eigenvalue weighted by Gasteiger charge is 2.23. The van der Waals surface area contributed by atoms with E-state index in [-0.39, 0.29) is 11.8 Å². The van der Waals surface area contributed by atoms with E-state index >= 15 is 0 Å². The molecule has 0 spiro atoms. The fourth-order valence-electron chi connectivity index (χ4n) is 6.71. The average molecular weight is 663 g/mol. The summed E-state index contributed by atoms with van der Waals surface area (Å²) >= 11 is 0. The second kappa shape index (κ2) is 25.0. The molecule has 2 aromatic carbocycles. The molecule has 3 rings (SSSR count). The van der Waals surface area contributed by atoms with E-state index in [2.05, 4.69) is 24.5 Å². The van der Waals surface area contributed by atoms with Crippen LogP contribution in [0.5, 0.6) is 11.5 Å². The molecule has 1 aliphatic rings. The van der Waals surface area contributed by atoms with Crippen molar-refractivity contribution in [3.63, 3.8) is 0 Å². The summed E-state index contributed by atoms with van der Waals surface area (Å²) in [5, 5.41) is 6.29. The molecule has 0 heterocycles. The van der Waals surface area contributed by atoms with Crippen molar-refractivity contribution in [2.24, 2.45) is 11.8 Å². The molecule has 1 fully saturated rings. The molecule has 0 aliphatic heterocycles. The molecule has 48 heavy (non-hydrogen) atoms. The van der Waals surface area contributed by atoms with Crippen molar-refractivity contribution >= 4 is 11.8 Å². The molecule has 268 valence electrons. The molecule has 2 atom stereocenters. The van der Waals surface area contributed by atoms with Crippen molar-refractivity contribution in [1.82, 2.24) is 10.6 Å². The Bertz CT molecular complexity index is 1030. The van der Waals surface area contributed by atoms with Crippen LogP contribution in [-0.2, 0) is 0 Å². The quantitative estimate of drug-likeness (QED) is 0.0983. The number of rotatable bonds is 26. The number of unbranched alkanes of at least 4 members (excludes halogenated alkanes) is 14. The Morgan fingerprint density at radius 1 is 0.542 bits per heavy atom. The average Bonchev–Trinajstić information content (AvgIpc) is 3.12. The van der Waals surface area contributed by atoms with Crippen molar-refractivity contribution in [3.8, 4) is 11.5 Å². The monoisotopic (exact) mass is 663 g/mol. The Kier molecular flexibility index (Phi) is 20.5. The largest absolute Gasteiger partial charge is 0.494 e. The van der Waals surface area contributed by atoms with Crippen molar-refractivity contribution in [1.29, 1.82) is 0 Å². The summed E-state index contributed by atoms with van der Waals surface area (Å²) in [6.45, 7) is 7.30. The highest BCUT2D eigenvalue weighted by molar-refractivity contribution is 5.94. The Hall–Kier alpha value is -3.02. The molecule has 2 N–H and O–H groups in total. The number of nitrogens with one attached hydrogen (secondary N) is 2. The molecule has 1 aliphatic carbocycles. The summed E-state index contributed by atoms with van der Waals surface area (Å²) in [7, 11) is 0. The molecule has 2 amide bonds. The summed E-state index contributed by atoms with van der Waals surface area (Å²) in [6.07, 6.45) is 24.9. The Morgan fingerprint density at radius 2 is 0.896 bits per heavy atom. The zero-order chi connectivity index (χ0) is 34.1. The minimum atomic E-state index is -0.0368. The topological polar surface area (TPSA) is 76.7 Å². The van der Waals surface area contributed by atoms with Crippen LogP contribution in [0.2, 0.25) is 0 Å². The lowest BCUT2D eigenvalue weighted by Crippen LogP contribution is -2.35. The van der Waals surface area contributed by atoms with Gasteiger partial charge in [-0.3, -0.25) is 9.59 Å². The molecular weight excluding hydrogens is 596 g/mol. The van der Waals surface area contributed by atoms with Gasteiger partial charge in [0.2, 0.25) is 0 Å². The lowest BCUT2D eigenvalue weighted by Gasteiger charge is -2.29. The fraction of sp³-hybridized carbons (Fsp3) is 0.667. The molecule has 6 nitrogen and oxygen atoms in total. The number of hydrogen-bond acceptors (Lipinski definition) is 4. The van der Waals surface area contributed by atoms with Crippen LogP contribution < -0.4 is 20.1 Å². The SMILES string of the molecule is CCCCCCCCCCOc1ccc(C(=O)NC[C@H]2CCC[C@H](CNC(=O)c3ccc(OCCCCCCCCCC)cc3)C2)cc1. The van der Waals surface area contributed by atoms with E-state index in [1.54, 1.807) is 0 Å². The van der Waals surface area contributed by atoms with Gasteiger partial charge in [-0.25, -0.2) is 0 Å². The van der Waals surface area contributed by atoms with Crippen LogP contribution in [0, 0.1) is 11.8 Å². The van der Waals surface area contributed by atoms with Crippen LogP contribution in [0.25, 0.3) is 0 Å². The van der Waals surface area contributed by atoms with E-state index in [0.29, 0.717) is 36.1 Å². The number of hydrogen-bond donors (Lipinski definition) is 2. The maximum absolute atomic E-state index is 12.8. The zero-order valence-electron chi connectivity index (χ0n) is 30.4. The van der Waals surface area contributed by atoms with E-state index in [4.69, 9.17) is 9.47 Å². The van der Waals surface area contributed by atoms with E-state index in [1.807, 2.05) is 48.5 Å². The van der Waals surface area contributed by atoms with E-state index in [9.17, 15) is 9.59 Å². The minimum Gasteiger partial charge on any atom is -0.494 e. The summed E-state index contributed by atoms with van der Waals surface area (Å²) in [5.41, 5.74) is 1.33. The van der Waals surface area contributed by atoms with Crippen LogP contribution in [0.15, 0.2) is 48.5 Å². The van der Waals surface area contributed by atoms with Gasteiger partial charge in [0.25, 0.3) is 11.8 Å². The van der Waals surface area contributed by atoms with Crippen LogP contribution in [0.3, 0.4) is 0 Å². The van der Waals surface area contributed by atoms with Gasteiger partial charge < -0.3 is 20.1 Å². The number of carbonyl (C=O) groups is 2. The molecule has 0 unspecified atom stereocenters. The number of ether oxygens (including phenoxy) is 2. The molecule has 0 radical (unpaired) electrons. The maximum Gasteiger partial charge on any atom is 0.251 e. The van der Waals surface area contributed by atoms with Crippen LogP contribution in [-0.4, -0.2) is 38.1 Å². The first-order chi connectivity index (χ1) is 23.6. The predicted octanol–water partition coefficient (Wildman–Crippen LogP) is 10.7. The van der Waals surface area contributed by atoms with Gasteiger partial charge in [0.15, 0.2) is 0 Å². The van der Waals surface area contributed by atoms with E-state index in [1.165, 1.54) is 89.9 Å². The molecule has 0 saturated heterocycles. The second-order valence-corrected chi connectivity index (χ2v) is 14.0. The lowest BCUT2D eigenvalue weighted by atomic mass is 9.81. The normalized spacial score (nSPS) is 16.0. The standard InChI is InChI=1S/C42H66N2O4/c1-3-5-7-9-11-13-15-17-30-47-39-26-22-37(23-27-39)41(45)43-33-35-20-19-21-36(32-35)34-44-42(46)38-24-28-40(29-25-38)48-31-18-16-14-12-10-8-6-4-2/h22-29,35-36H,3-21,30-34H2,1-2H3,(H,43,45)(H,44,46)/t35-,36-/m0/s1. The summed E-state index contributed by atoms with van der Waals surface area (Å²) in [5.74, 6) is 2.43. The zero-order valence-corrected chi connectivity index (χ0v) is 30.4. The lowest BCUT2D eigenvalue weighted by molar-refractivity contribution is 0.0935. The van der Waals surface area contributed by atoms with Crippen molar-refractivity contribution in [3.05, 3.63) is 59.7 Å². The van der Waals surface area contributed by atoms with Gasteiger partial charge in [0, 0.05) is 24.2 Å². The van der Waals surface area contributed by atoms with Crippen molar-refractivity contribution in [2.45, 2.75) is 142 Å². The Morgan fingerprint density at radius 3 is 1.27 bits per heavy atom. The highest BCUT2D eigenvalue weighted by Crippen LogP contribution is 2.28. The molecule has 1 saturated carbocycles. The van der Waals surface area contributed by atoms with Gasteiger partial charge >= 0.3 is 0 Å². The predicted molar refractivity (Wildman–Crippen MR) is 199 cm³/mol. The van der Waals surface area contributed by atoms with Gasteiger partial charge in [-0.05, 0) is 92.5 Å². The highest BCUT2D eigenvalue weighted by atomic mass is 16.5. The third-order valence-electron chi connectivity index (χ3n) is 9.76. The van der Waals surface area contributed by atoms with Crippen molar-refractivity contribution in [2.75, 3.05) is 26.3 Å². The van der Waals surface area contributed by atoms with Crippen LogP contribution in [0.1, 0.15) is 163 Å². The Balaban J connectivity index is 1.25. The fourth-order valence-corrected chi connectivity index (χ4v) is 6.71. The molecule has 0 aromatic heterocycles. The second-order valence-electron chi connectivity index (χ2n) is 14.0. The van der Waals surface area contributed by atoms with Gasteiger partial charge in [-0.1, -0.05) is 110 Å².